The first-order valence-corrected chi connectivity index (χ1v) is 8.59. The fraction of sp³-hybridized carbons (Fsp3) is 0.300. The van der Waals surface area contributed by atoms with Crippen LogP contribution in [-0.4, -0.2) is 30.4 Å². The Kier molecular flexibility index (Phi) is 4.24. The van der Waals surface area contributed by atoms with Gasteiger partial charge in [0.05, 0.1) is 20.8 Å². The minimum absolute atomic E-state index is 0.406. The molecule has 0 spiro atoms. The van der Waals surface area contributed by atoms with Crippen molar-refractivity contribution in [3.05, 3.63) is 53.9 Å². The van der Waals surface area contributed by atoms with Gasteiger partial charge >= 0.3 is 0 Å². The lowest BCUT2D eigenvalue weighted by atomic mass is 10.1. The molecule has 1 aliphatic heterocycles. The van der Waals surface area contributed by atoms with Crippen molar-refractivity contribution in [2.24, 2.45) is 0 Å². The summed E-state index contributed by atoms with van der Waals surface area (Å²) >= 11 is 0. The molecular formula is C20H21N3O3. The van der Waals surface area contributed by atoms with E-state index in [4.69, 9.17) is 14.0 Å². The van der Waals surface area contributed by atoms with E-state index >= 15 is 0 Å². The summed E-state index contributed by atoms with van der Waals surface area (Å²) in [5.41, 5.74) is 3.43. The molecule has 0 amide bonds. The second kappa shape index (κ2) is 6.71. The topological polar surface area (TPSA) is 60.6 Å². The monoisotopic (exact) mass is 351 g/mol. The van der Waals surface area contributed by atoms with E-state index in [1.54, 1.807) is 14.2 Å². The van der Waals surface area contributed by atoms with Gasteiger partial charge in [0.25, 0.3) is 0 Å². The van der Waals surface area contributed by atoms with E-state index in [-0.39, 0.29) is 0 Å². The maximum atomic E-state index is 5.50. The molecule has 0 fully saturated rings. The number of hydrogen-bond acceptors (Lipinski definition) is 6. The Morgan fingerprint density at radius 3 is 2.73 bits per heavy atom. The van der Waals surface area contributed by atoms with E-state index in [0.29, 0.717) is 35.8 Å². The first-order valence-electron chi connectivity index (χ1n) is 8.59. The molecule has 2 aromatic carbocycles. The molecule has 2 heterocycles. The summed E-state index contributed by atoms with van der Waals surface area (Å²) in [5.74, 6) is 2.44. The zero-order valence-corrected chi connectivity index (χ0v) is 15.1. The Hall–Kier alpha value is -3.02. The molecule has 4 rings (SSSR count). The predicted octanol–water partition coefficient (Wildman–Crippen LogP) is 3.71. The van der Waals surface area contributed by atoms with Gasteiger partial charge in [-0.25, -0.2) is 0 Å². The molecule has 0 aliphatic carbocycles. The van der Waals surface area contributed by atoms with E-state index < -0.39 is 0 Å². The van der Waals surface area contributed by atoms with Gasteiger partial charge in [-0.15, -0.1) is 0 Å². The van der Waals surface area contributed by atoms with Crippen LogP contribution in [0.5, 0.6) is 11.5 Å². The molecule has 0 saturated carbocycles. The number of nitrogens with zero attached hydrogens (tertiary/aromatic N) is 3. The van der Waals surface area contributed by atoms with Crippen LogP contribution in [0.4, 0.5) is 5.69 Å². The highest BCUT2D eigenvalue weighted by atomic mass is 16.5. The predicted molar refractivity (Wildman–Crippen MR) is 98.6 cm³/mol. The van der Waals surface area contributed by atoms with Crippen LogP contribution in [-0.2, 0) is 13.0 Å². The minimum Gasteiger partial charge on any atom is -0.493 e. The van der Waals surface area contributed by atoms with Gasteiger partial charge in [0.1, 0.15) is 0 Å². The summed E-state index contributed by atoms with van der Waals surface area (Å²) in [5, 5.41) is 4.13. The maximum absolute atomic E-state index is 5.50. The molecule has 6 nitrogen and oxygen atoms in total. The number of fused-ring (bicyclic) bond motifs is 1. The molecule has 0 radical (unpaired) electrons. The van der Waals surface area contributed by atoms with Gasteiger partial charge in [-0.3, -0.25) is 0 Å². The van der Waals surface area contributed by atoms with Crippen LogP contribution in [0.15, 0.2) is 47.0 Å². The first kappa shape index (κ1) is 16.4. The minimum atomic E-state index is 0.406. The lowest BCUT2D eigenvalue weighted by molar-refractivity contribution is 0.355. The van der Waals surface area contributed by atoms with Crippen molar-refractivity contribution in [2.45, 2.75) is 25.9 Å². The highest BCUT2D eigenvalue weighted by Gasteiger charge is 2.27. The summed E-state index contributed by atoms with van der Waals surface area (Å²) in [7, 11) is 3.22. The standard InChI is InChI=1S/C20H21N3O3/c1-13-10-14-6-4-5-7-16(14)23(13)12-19-21-20(22-26-19)15-8-9-17(24-2)18(11-15)25-3/h4-9,11,13H,10,12H2,1-3H3. The number of hydrogen-bond donors (Lipinski definition) is 0. The van der Waals surface area contributed by atoms with E-state index in [2.05, 4.69) is 46.2 Å². The molecule has 1 aliphatic rings. The van der Waals surface area contributed by atoms with Gasteiger partial charge in [-0.2, -0.15) is 4.98 Å². The maximum Gasteiger partial charge on any atom is 0.246 e. The van der Waals surface area contributed by atoms with E-state index in [1.165, 1.54) is 11.3 Å². The van der Waals surface area contributed by atoms with Crippen LogP contribution in [0.25, 0.3) is 11.4 Å². The van der Waals surface area contributed by atoms with Crippen LogP contribution >= 0.6 is 0 Å². The van der Waals surface area contributed by atoms with Crippen molar-refractivity contribution in [3.8, 4) is 22.9 Å². The third-order valence-electron chi connectivity index (χ3n) is 4.76. The van der Waals surface area contributed by atoms with Gasteiger partial charge in [0.2, 0.25) is 11.7 Å². The second-order valence-corrected chi connectivity index (χ2v) is 6.39. The Morgan fingerprint density at radius 1 is 1.12 bits per heavy atom. The number of benzene rings is 2. The van der Waals surface area contributed by atoms with Crippen molar-refractivity contribution >= 4 is 5.69 Å². The molecule has 0 saturated heterocycles. The van der Waals surface area contributed by atoms with Gasteiger partial charge in [-0.1, -0.05) is 23.4 Å². The smallest absolute Gasteiger partial charge is 0.246 e. The van der Waals surface area contributed by atoms with Gasteiger partial charge < -0.3 is 18.9 Å². The van der Waals surface area contributed by atoms with Crippen LogP contribution in [0, 0.1) is 0 Å². The molecule has 1 atom stereocenters. The zero-order chi connectivity index (χ0) is 18.1. The third kappa shape index (κ3) is 2.87. The van der Waals surface area contributed by atoms with E-state index in [0.717, 1.165) is 12.0 Å². The summed E-state index contributed by atoms with van der Waals surface area (Å²) < 4.78 is 16.1. The van der Waals surface area contributed by atoms with Crippen molar-refractivity contribution in [2.75, 3.05) is 19.1 Å². The fourth-order valence-corrected chi connectivity index (χ4v) is 3.43. The second-order valence-electron chi connectivity index (χ2n) is 6.39. The molecule has 1 unspecified atom stereocenters. The Balaban J connectivity index is 1.57. The van der Waals surface area contributed by atoms with E-state index in [9.17, 15) is 0 Å². The molecule has 134 valence electrons. The highest BCUT2D eigenvalue weighted by molar-refractivity contribution is 5.61. The van der Waals surface area contributed by atoms with Crippen molar-refractivity contribution in [3.63, 3.8) is 0 Å². The number of aromatic nitrogens is 2. The number of methoxy groups -OCH3 is 2. The average Bonchev–Trinajstić information content (AvgIpc) is 3.26. The van der Waals surface area contributed by atoms with Crippen LogP contribution in [0.3, 0.4) is 0 Å². The summed E-state index contributed by atoms with van der Waals surface area (Å²) in [4.78, 5) is 6.87. The average molecular weight is 351 g/mol. The Morgan fingerprint density at radius 2 is 1.92 bits per heavy atom. The third-order valence-corrected chi connectivity index (χ3v) is 4.76. The van der Waals surface area contributed by atoms with Crippen LogP contribution in [0.2, 0.25) is 0 Å². The fourth-order valence-electron chi connectivity index (χ4n) is 3.43. The molecule has 6 heteroatoms. The lowest BCUT2D eigenvalue weighted by Gasteiger charge is -2.22. The summed E-state index contributed by atoms with van der Waals surface area (Å²) in [6.45, 7) is 2.81. The molecule has 26 heavy (non-hydrogen) atoms. The Labute approximate surface area is 152 Å². The number of anilines is 1. The first-order chi connectivity index (χ1) is 12.7. The zero-order valence-electron chi connectivity index (χ0n) is 15.1. The molecule has 1 aromatic heterocycles. The molecule has 0 bridgehead atoms. The van der Waals surface area contributed by atoms with E-state index in [1.807, 2.05) is 18.2 Å². The Bertz CT molecular complexity index is 922. The normalized spacial score (nSPS) is 15.8. The van der Waals surface area contributed by atoms with Crippen molar-refractivity contribution in [1.82, 2.24) is 10.1 Å². The lowest BCUT2D eigenvalue weighted by Crippen LogP contribution is -2.28. The largest absolute Gasteiger partial charge is 0.493 e. The molecular weight excluding hydrogens is 330 g/mol. The van der Waals surface area contributed by atoms with Crippen LogP contribution < -0.4 is 14.4 Å². The number of rotatable bonds is 5. The quantitative estimate of drug-likeness (QED) is 0.698. The number of ether oxygens (including phenoxy) is 2. The van der Waals surface area contributed by atoms with Crippen molar-refractivity contribution < 1.29 is 14.0 Å². The summed E-state index contributed by atoms with van der Waals surface area (Å²) in [6.07, 6.45) is 1.03. The molecule has 3 aromatic rings. The van der Waals surface area contributed by atoms with Gasteiger partial charge in [-0.05, 0) is 43.2 Å². The van der Waals surface area contributed by atoms with Crippen LogP contribution in [0.1, 0.15) is 18.4 Å². The molecule has 0 N–H and O–H groups in total. The van der Waals surface area contributed by atoms with Gasteiger partial charge in [0.15, 0.2) is 11.5 Å². The summed E-state index contributed by atoms with van der Waals surface area (Å²) in [6, 6.07) is 14.4. The SMILES string of the molecule is COc1ccc(-c2noc(CN3c4ccccc4CC3C)n2)cc1OC. The van der Waals surface area contributed by atoms with Crippen molar-refractivity contribution in [1.29, 1.82) is 0 Å². The highest BCUT2D eigenvalue weighted by Crippen LogP contribution is 2.34. The number of para-hydroxylation sites is 1. The van der Waals surface area contributed by atoms with Gasteiger partial charge in [0, 0.05) is 17.3 Å².